The number of esters is 1. The second kappa shape index (κ2) is 9.56. The van der Waals surface area contributed by atoms with Gasteiger partial charge in [-0.2, -0.15) is 0 Å². The SMILES string of the molecule is C[C@@H]1CC[C@@H](C(C)(C)c2ccccc2)[C@@H](OC(=O)C(C)(Cc2ccccc2)N(C)C)C1. The molecule has 1 fully saturated rings. The van der Waals surface area contributed by atoms with Gasteiger partial charge in [0.25, 0.3) is 0 Å². The molecule has 0 aliphatic heterocycles. The van der Waals surface area contributed by atoms with Gasteiger partial charge >= 0.3 is 5.97 Å². The van der Waals surface area contributed by atoms with Crippen LogP contribution in [0.15, 0.2) is 60.7 Å². The molecule has 0 bridgehead atoms. The fourth-order valence-electron chi connectivity index (χ4n) is 5.04. The van der Waals surface area contributed by atoms with Crippen LogP contribution in [0.25, 0.3) is 0 Å². The van der Waals surface area contributed by atoms with Crippen molar-refractivity contribution in [2.75, 3.05) is 14.1 Å². The van der Waals surface area contributed by atoms with Crippen molar-refractivity contribution in [2.45, 2.75) is 70.4 Å². The lowest BCUT2D eigenvalue weighted by atomic mass is 9.64. The van der Waals surface area contributed by atoms with Gasteiger partial charge in [-0.05, 0) is 56.3 Å². The Morgan fingerprint density at radius 2 is 1.55 bits per heavy atom. The first-order valence-corrected chi connectivity index (χ1v) is 11.6. The molecule has 1 saturated carbocycles. The normalized spacial score (nSPS) is 23.9. The topological polar surface area (TPSA) is 29.5 Å². The third-order valence-corrected chi connectivity index (χ3v) is 7.58. The van der Waals surface area contributed by atoms with Crippen LogP contribution in [-0.2, 0) is 21.4 Å². The highest BCUT2D eigenvalue weighted by Crippen LogP contribution is 2.44. The molecule has 0 spiro atoms. The van der Waals surface area contributed by atoms with E-state index in [2.05, 4.69) is 63.2 Å². The number of likely N-dealkylation sites (N-methyl/N-ethyl adjacent to an activating group) is 1. The van der Waals surface area contributed by atoms with Crippen molar-refractivity contribution in [1.82, 2.24) is 4.90 Å². The van der Waals surface area contributed by atoms with Crippen molar-refractivity contribution in [1.29, 1.82) is 0 Å². The molecular weight excluding hydrogens is 382 g/mol. The largest absolute Gasteiger partial charge is 0.461 e. The monoisotopic (exact) mass is 421 g/mol. The van der Waals surface area contributed by atoms with Crippen LogP contribution in [0, 0.1) is 11.8 Å². The van der Waals surface area contributed by atoms with Crippen LogP contribution in [-0.4, -0.2) is 36.6 Å². The van der Waals surface area contributed by atoms with Crippen LogP contribution in [0.5, 0.6) is 0 Å². The van der Waals surface area contributed by atoms with Crippen LogP contribution >= 0.6 is 0 Å². The number of rotatable bonds is 7. The van der Waals surface area contributed by atoms with Gasteiger partial charge in [-0.15, -0.1) is 0 Å². The molecule has 0 amide bonds. The molecule has 31 heavy (non-hydrogen) atoms. The first kappa shape index (κ1) is 23.5. The van der Waals surface area contributed by atoms with Gasteiger partial charge in [0.2, 0.25) is 0 Å². The van der Waals surface area contributed by atoms with Crippen molar-refractivity contribution in [3.8, 4) is 0 Å². The zero-order valence-electron chi connectivity index (χ0n) is 20.1. The summed E-state index contributed by atoms with van der Waals surface area (Å²) < 4.78 is 6.40. The second-order valence-electron chi connectivity index (χ2n) is 10.4. The average molecular weight is 422 g/mol. The molecule has 0 aromatic heterocycles. The van der Waals surface area contributed by atoms with Gasteiger partial charge in [-0.3, -0.25) is 9.69 Å². The Labute approximate surface area is 188 Å². The molecule has 168 valence electrons. The van der Waals surface area contributed by atoms with Crippen LogP contribution < -0.4 is 0 Å². The summed E-state index contributed by atoms with van der Waals surface area (Å²) in [4.78, 5) is 15.6. The predicted octanol–water partition coefficient (Wildman–Crippen LogP) is 5.88. The molecule has 4 atom stereocenters. The van der Waals surface area contributed by atoms with Crippen molar-refractivity contribution >= 4 is 5.97 Å². The van der Waals surface area contributed by atoms with Gasteiger partial charge in [0, 0.05) is 12.3 Å². The predicted molar refractivity (Wildman–Crippen MR) is 128 cm³/mol. The van der Waals surface area contributed by atoms with Gasteiger partial charge in [0.1, 0.15) is 11.6 Å². The molecule has 0 saturated heterocycles. The fraction of sp³-hybridized carbons (Fsp3) is 0.536. The summed E-state index contributed by atoms with van der Waals surface area (Å²) in [5, 5.41) is 0. The standard InChI is InChI=1S/C28H39NO2/c1-21-17-18-24(27(2,3)23-15-11-8-12-16-23)25(19-21)31-26(30)28(4,29(5)6)20-22-13-9-7-10-14-22/h7-16,21,24-25H,17-20H2,1-6H3/t21-,24-,25+,28?/m1/s1. The van der Waals surface area contributed by atoms with E-state index in [1.807, 2.05) is 44.1 Å². The number of carbonyl (C=O) groups is 1. The van der Waals surface area contributed by atoms with E-state index in [0.29, 0.717) is 18.3 Å². The molecule has 1 aliphatic carbocycles. The number of carbonyl (C=O) groups excluding carboxylic acids is 1. The lowest BCUT2D eigenvalue weighted by Crippen LogP contribution is -2.54. The highest BCUT2D eigenvalue weighted by atomic mass is 16.5. The van der Waals surface area contributed by atoms with Crippen molar-refractivity contribution in [2.24, 2.45) is 11.8 Å². The van der Waals surface area contributed by atoms with Crippen LogP contribution in [0.1, 0.15) is 58.1 Å². The number of ether oxygens (including phenoxy) is 1. The maximum absolute atomic E-state index is 13.6. The second-order valence-corrected chi connectivity index (χ2v) is 10.4. The minimum atomic E-state index is -0.705. The van der Waals surface area contributed by atoms with E-state index in [-0.39, 0.29) is 17.5 Å². The van der Waals surface area contributed by atoms with Crippen LogP contribution in [0.2, 0.25) is 0 Å². The van der Waals surface area contributed by atoms with Crippen molar-refractivity contribution in [3.05, 3.63) is 71.8 Å². The smallest absolute Gasteiger partial charge is 0.326 e. The number of hydrogen-bond donors (Lipinski definition) is 0. The molecule has 0 radical (unpaired) electrons. The van der Waals surface area contributed by atoms with Gasteiger partial charge < -0.3 is 4.74 Å². The minimum Gasteiger partial charge on any atom is -0.461 e. The van der Waals surface area contributed by atoms with Crippen LogP contribution in [0.3, 0.4) is 0 Å². The fourth-order valence-corrected chi connectivity index (χ4v) is 5.04. The van der Waals surface area contributed by atoms with E-state index in [0.717, 1.165) is 18.4 Å². The van der Waals surface area contributed by atoms with E-state index >= 15 is 0 Å². The number of hydrogen-bond acceptors (Lipinski definition) is 3. The Balaban J connectivity index is 1.85. The van der Waals surface area contributed by atoms with Gasteiger partial charge in [-0.1, -0.05) is 87.9 Å². The Morgan fingerprint density at radius 1 is 0.968 bits per heavy atom. The van der Waals surface area contributed by atoms with E-state index in [9.17, 15) is 4.79 Å². The molecule has 2 aromatic rings. The number of nitrogens with zero attached hydrogens (tertiary/aromatic N) is 1. The summed E-state index contributed by atoms with van der Waals surface area (Å²) in [5.74, 6) is 0.757. The summed E-state index contributed by atoms with van der Waals surface area (Å²) in [5.41, 5.74) is 1.70. The van der Waals surface area contributed by atoms with Crippen molar-refractivity contribution in [3.63, 3.8) is 0 Å². The molecule has 3 heteroatoms. The summed E-state index contributed by atoms with van der Waals surface area (Å²) in [6.45, 7) is 8.89. The van der Waals surface area contributed by atoms with Gasteiger partial charge in [0.05, 0.1) is 0 Å². The Hall–Kier alpha value is -2.13. The summed E-state index contributed by atoms with van der Waals surface area (Å²) in [6.07, 6.45) is 3.76. The highest BCUT2D eigenvalue weighted by molar-refractivity contribution is 5.81. The quantitative estimate of drug-likeness (QED) is 0.523. The molecule has 1 unspecified atom stereocenters. The molecule has 3 rings (SSSR count). The average Bonchev–Trinajstić information content (AvgIpc) is 2.74. The van der Waals surface area contributed by atoms with E-state index in [1.165, 1.54) is 12.0 Å². The van der Waals surface area contributed by atoms with Gasteiger partial charge in [0.15, 0.2) is 0 Å². The number of benzene rings is 2. The maximum Gasteiger partial charge on any atom is 0.326 e. The maximum atomic E-state index is 13.6. The highest BCUT2D eigenvalue weighted by Gasteiger charge is 2.45. The molecule has 2 aromatic carbocycles. The first-order valence-electron chi connectivity index (χ1n) is 11.6. The molecule has 0 N–H and O–H groups in total. The zero-order valence-corrected chi connectivity index (χ0v) is 20.1. The third kappa shape index (κ3) is 5.20. The summed E-state index contributed by atoms with van der Waals surface area (Å²) >= 11 is 0. The van der Waals surface area contributed by atoms with Crippen LogP contribution in [0.4, 0.5) is 0 Å². The molecule has 1 aliphatic rings. The summed E-state index contributed by atoms with van der Waals surface area (Å²) in [6, 6.07) is 20.9. The van der Waals surface area contributed by atoms with E-state index in [1.54, 1.807) is 0 Å². The van der Waals surface area contributed by atoms with Gasteiger partial charge in [-0.25, -0.2) is 0 Å². The first-order chi connectivity index (χ1) is 14.6. The molecular formula is C28H39NO2. The Morgan fingerprint density at radius 3 is 2.13 bits per heavy atom. The van der Waals surface area contributed by atoms with Crippen molar-refractivity contribution < 1.29 is 9.53 Å². The lowest BCUT2D eigenvalue weighted by molar-refractivity contribution is -0.169. The summed E-state index contributed by atoms with van der Waals surface area (Å²) in [7, 11) is 3.94. The molecule has 3 nitrogen and oxygen atoms in total. The van der Waals surface area contributed by atoms with E-state index < -0.39 is 5.54 Å². The van der Waals surface area contributed by atoms with E-state index in [4.69, 9.17) is 4.74 Å². The molecule has 0 heterocycles. The lowest BCUT2D eigenvalue weighted by Gasteiger charge is -2.45. The minimum absolute atomic E-state index is 0.0553. The Bertz CT molecular complexity index is 846. The third-order valence-electron chi connectivity index (χ3n) is 7.58. The zero-order chi connectivity index (χ0) is 22.6. The Kier molecular flexibility index (Phi) is 7.26.